The fraction of sp³-hybridized carbons (Fsp3) is 0.692. The van der Waals surface area contributed by atoms with Crippen LogP contribution in [0.2, 0.25) is 11.7 Å². The third-order valence-corrected chi connectivity index (χ3v) is 13.1. The minimum Gasteiger partial charge on any atom is -0.374 e. The van der Waals surface area contributed by atoms with Gasteiger partial charge in [-0.05, 0) is 20.8 Å². The maximum absolute atomic E-state index is 5.96. The first-order valence-corrected chi connectivity index (χ1v) is 11.2. The molecule has 0 spiro atoms. The summed E-state index contributed by atoms with van der Waals surface area (Å²) in [5.74, 6) is 0. The first kappa shape index (κ1) is 17.8. The SMILES string of the molecule is C=C[Si](C)(C=C)C(C)[Si](OCC)(OCC)OCC. The van der Waals surface area contributed by atoms with Crippen LogP contribution >= 0.6 is 0 Å². The smallest absolute Gasteiger partial charge is 0.374 e. The van der Waals surface area contributed by atoms with Crippen molar-refractivity contribution in [2.24, 2.45) is 0 Å². The molecule has 0 fully saturated rings. The van der Waals surface area contributed by atoms with Crippen LogP contribution in [0.5, 0.6) is 0 Å². The van der Waals surface area contributed by atoms with E-state index < -0.39 is 16.9 Å². The van der Waals surface area contributed by atoms with E-state index in [0.717, 1.165) is 0 Å². The van der Waals surface area contributed by atoms with E-state index in [1.54, 1.807) is 0 Å². The standard InChI is InChI=1S/C13H28O3Si2/c1-8-14-18(15-9-2,16-10-3)13(6)17(7,11-4)12-5/h11-13H,4-5,8-10H2,1-3,6-7H3. The van der Waals surface area contributed by atoms with Gasteiger partial charge in [-0.3, -0.25) is 0 Å². The summed E-state index contributed by atoms with van der Waals surface area (Å²) in [6.07, 6.45) is 0. The molecule has 0 radical (unpaired) electrons. The molecule has 1 unspecified atom stereocenters. The Balaban J connectivity index is 5.37. The molecule has 0 N–H and O–H groups in total. The van der Waals surface area contributed by atoms with Gasteiger partial charge in [0.2, 0.25) is 0 Å². The van der Waals surface area contributed by atoms with Gasteiger partial charge in [-0.15, -0.1) is 13.2 Å². The van der Waals surface area contributed by atoms with Crippen molar-refractivity contribution in [1.29, 1.82) is 0 Å². The molecule has 0 saturated heterocycles. The molecule has 0 amide bonds. The molecule has 106 valence electrons. The summed E-state index contributed by atoms with van der Waals surface area (Å²) in [4.78, 5) is 0. The largest absolute Gasteiger partial charge is 0.501 e. The van der Waals surface area contributed by atoms with Crippen LogP contribution in [-0.4, -0.2) is 36.7 Å². The van der Waals surface area contributed by atoms with Gasteiger partial charge in [0, 0.05) is 25.0 Å². The van der Waals surface area contributed by atoms with Gasteiger partial charge in [0.25, 0.3) is 0 Å². The zero-order valence-electron chi connectivity index (χ0n) is 12.5. The summed E-state index contributed by atoms with van der Waals surface area (Å²) in [6.45, 7) is 20.1. The highest BCUT2D eigenvalue weighted by Gasteiger charge is 2.53. The Morgan fingerprint density at radius 2 is 1.28 bits per heavy atom. The molecule has 0 aliphatic heterocycles. The predicted molar refractivity (Wildman–Crippen MR) is 82.1 cm³/mol. The average molecular weight is 289 g/mol. The van der Waals surface area contributed by atoms with E-state index >= 15 is 0 Å². The number of hydrogen-bond acceptors (Lipinski definition) is 3. The van der Waals surface area contributed by atoms with Gasteiger partial charge in [-0.2, -0.15) is 0 Å². The zero-order chi connectivity index (χ0) is 14.2. The van der Waals surface area contributed by atoms with Gasteiger partial charge in [0.05, 0.1) is 0 Å². The van der Waals surface area contributed by atoms with Gasteiger partial charge in [-0.25, -0.2) is 0 Å². The van der Waals surface area contributed by atoms with Crippen LogP contribution in [0.4, 0.5) is 0 Å². The van der Waals surface area contributed by atoms with Gasteiger partial charge in [0.1, 0.15) is 8.07 Å². The average Bonchev–Trinajstić information content (AvgIpc) is 2.37. The Kier molecular flexibility index (Phi) is 7.97. The van der Waals surface area contributed by atoms with Crippen molar-refractivity contribution in [2.75, 3.05) is 19.8 Å². The highest BCUT2D eigenvalue weighted by atomic mass is 28.4. The molecule has 3 nitrogen and oxygen atoms in total. The molecule has 0 aliphatic carbocycles. The van der Waals surface area contributed by atoms with E-state index in [-0.39, 0.29) is 5.16 Å². The van der Waals surface area contributed by atoms with Crippen LogP contribution in [0.3, 0.4) is 0 Å². The quantitative estimate of drug-likeness (QED) is 0.576. The van der Waals surface area contributed by atoms with Crippen molar-refractivity contribution in [3.63, 3.8) is 0 Å². The van der Waals surface area contributed by atoms with Crippen molar-refractivity contribution in [2.45, 2.75) is 39.4 Å². The summed E-state index contributed by atoms with van der Waals surface area (Å²) < 4.78 is 17.9. The van der Waals surface area contributed by atoms with Crippen LogP contribution in [-0.2, 0) is 13.3 Å². The second-order valence-electron chi connectivity index (χ2n) is 4.40. The summed E-state index contributed by atoms with van der Waals surface area (Å²) in [5, 5.41) is 0.222. The third-order valence-electron chi connectivity index (χ3n) is 3.38. The Hall–Kier alpha value is -0.206. The molecule has 0 heterocycles. The first-order valence-electron chi connectivity index (χ1n) is 6.65. The maximum Gasteiger partial charge on any atom is 0.501 e. The molecule has 0 aliphatic rings. The highest BCUT2D eigenvalue weighted by molar-refractivity contribution is 6.98. The highest BCUT2D eigenvalue weighted by Crippen LogP contribution is 2.35. The van der Waals surface area contributed by atoms with Crippen molar-refractivity contribution in [3.8, 4) is 0 Å². The molecular formula is C13H28O3Si2. The Morgan fingerprint density at radius 1 is 0.944 bits per heavy atom. The van der Waals surface area contributed by atoms with Crippen LogP contribution in [0.25, 0.3) is 0 Å². The molecule has 0 aromatic carbocycles. The Morgan fingerprint density at radius 3 is 1.50 bits per heavy atom. The second kappa shape index (κ2) is 8.06. The first-order chi connectivity index (χ1) is 8.46. The van der Waals surface area contributed by atoms with Crippen LogP contribution in [0.1, 0.15) is 27.7 Å². The molecule has 0 aromatic heterocycles. The van der Waals surface area contributed by atoms with Crippen molar-refractivity contribution in [1.82, 2.24) is 0 Å². The molecule has 5 heteroatoms. The Labute approximate surface area is 114 Å². The number of rotatable bonds is 10. The molecule has 0 bridgehead atoms. The van der Waals surface area contributed by atoms with Gasteiger partial charge < -0.3 is 13.3 Å². The lowest BCUT2D eigenvalue weighted by Crippen LogP contribution is -2.57. The maximum atomic E-state index is 5.96. The minimum absolute atomic E-state index is 0.222. The molecule has 0 aromatic rings. The lowest BCUT2D eigenvalue weighted by Gasteiger charge is -2.39. The van der Waals surface area contributed by atoms with E-state index in [9.17, 15) is 0 Å². The fourth-order valence-corrected chi connectivity index (χ4v) is 9.51. The van der Waals surface area contributed by atoms with Crippen molar-refractivity contribution < 1.29 is 13.3 Å². The molecule has 1 atom stereocenters. The fourth-order valence-electron chi connectivity index (χ4n) is 1.92. The van der Waals surface area contributed by atoms with Crippen LogP contribution < -0.4 is 0 Å². The Bertz CT molecular complexity index is 244. The monoisotopic (exact) mass is 288 g/mol. The van der Waals surface area contributed by atoms with Gasteiger partial charge in [0.15, 0.2) is 0 Å². The summed E-state index contributed by atoms with van der Waals surface area (Å²) in [5.41, 5.74) is 4.06. The summed E-state index contributed by atoms with van der Waals surface area (Å²) in [7, 11) is -4.49. The van der Waals surface area contributed by atoms with Gasteiger partial charge in [-0.1, -0.05) is 24.9 Å². The van der Waals surface area contributed by atoms with E-state index in [0.29, 0.717) is 19.8 Å². The summed E-state index contributed by atoms with van der Waals surface area (Å²) >= 11 is 0. The second-order valence-corrected chi connectivity index (χ2v) is 12.3. The molecule has 0 rings (SSSR count). The van der Waals surface area contributed by atoms with Crippen LogP contribution in [0.15, 0.2) is 24.6 Å². The summed E-state index contributed by atoms with van der Waals surface area (Å²) in [6, 6.07) is 0. The molecular weight excluding hydrogens is 260 g/mol. The predicted octanol–water partition coefficient (Wildman–Crippen LogP) is 3.49. The minimum atomic E-state index is -2.66. The zero-order valence-corrected chi connectivity index (χ0v) is 14.5. The molecule has 0 saturated carbocycles. The van der Waals surface area contributed by atoms with E-state index in [1.807, 2.05) is 32.2 Å². The van der Waals surface area contributed by atoms with E-state index in [1.165, 1.54) is 0 Å². The van der Waals surface area contributed by atoms with Crippen molar-refractivity contribution >= 4 is 16.9 Å². The molecule has 18 heavy (non-hydrogen) atoms. The number of hydrogen-bond donors (Lipinski definition) is 0. The van der Waals surface area contributed by atoms with E-state index in [4.69, 9.17) is 13.3 Å². The van der Waals surface area contributed by atoms with Crippen LogP contribution in [0, 0.1) is 0 Å². The lowest BCUT2D eigenvalue weighted by molar-refractivity contribution is 0.0687. The third kappa shape index (κ3) is 3.89. The lowest BCUT2D eigenvalue weighted by atomic mass is 10.9. The topological polar surface area (TPSA) is 27.7 Å². The normalized spacial score (nSPS) is 14.3. The van der Waals surface area contributed by atoms with Crippen molar-refractivity contribution in [3.05, 3.63) is 24.6 Å². The van der Waals surface area contributed by atoms with Gasteiger partial charge >= 0.3 is 8.80 Å². The van der Waals surface area contributed by atoms with E-state index in [2.05, 4.69) is 26.6 Å².